The Morgan fingerprint density at radius 2 is 2.29 bits per heavy atom. The minimum atomic E-state index is 0.708. The van der Waals surface area contributed by atoms with Gasteiger partial charge < -0.3 is 5.73 Å². The summed E-state index contributed by atoms with van der Waals surface area (Å²) in [5, 5.41) is 0.830. The number of aryl methyl sites for hydroxylation is 1. The Morgan fingerprint density at radius 3 is 2.79 bits per heavy atom. The van der Waals surface area contributed by atoms with Crippen LogP contribution in [-0.4, -0.2) is 6.54 Å². The van der Waals surface area contributed by atoms with E-state index in [1.807, 2.05) is 6.07 Å². The zero-order valence-corrected chi connectivity index (χ0v) is 11.4. The smallest absolute Gasteiger partial charge is 0.0887 e. The maximum Gasteiger partial charge on any atom is 0.0887 e. The molecule has 1 atom stereocenters. The molecule has 0 radical (unpaired) electrons. The molecule has 80 valence electrons. The Bertz CT molecular complexity index is 268. The first-order valence-electron chi connectivity index (χ1n) is 4.77. The molecule has 2 N–H and O–H groups in total. The van der Waals surface area contributed by atoms with Crippen LogP contribution in [0.4, 0.5) is 0 Å². The van der Waals surface area contributed by atoms with Crippen molar-refractivity contribution >= 4 is 38.9 Å². The molecule has 4 heteroatoms. The summed E-state index contributed by atoms with van der Waals surface area (Å²) in [5.41, 5.74) is 5.50. The summed E-state index contributed by atoms with van der Waals surface area (Å²) in [6.45, 7) is 3.03. The summed E-state index contributed by atoms with van der Waals surface area (Å²) in [5.74, 6) is 0.708. The first kappa shape index (κ1) is 12.5. The molecule has 0 bridgehead atoms. The molecular formula is C10H15BrClNS. The van der Waals surface area contributed by atoms with Gasteiger partial charge in [-0.1, -0.05) is 18.5 Å². The molecule has 0 aliphatic carbocycles. The second-order valence-corrected chi connectivity index (χ2v) is 6.42. The van der Waals surface area contributed by atoms with E-state index in [0.717, 1.165) is 28.2 Å². The molecule has 0 aliphatic heterocycles. The molecular weight excluding hydrogens is 282 g/mol. The molecule has 1 rings (SSSR count). The topological polar surface area (TPSA) is 26.0 Å². The Balaban J connectivity index is 2.38. The largest absolute Gasteiger partial charge is 0.330 e. The first-order chi connectivity index (χ1) is 6.63. The lowest BCUT2D eigenvalue weighted by molar-refractivity contribution is 0.501. The zero-order valence-electron chi connectivity index (χ0n) is 8.22. The monoisotopic (exact) mass is 295 g/mol. The van der Waals surface area contributed by atoms with Crippen molar-refractivity contribution in [2.24, 2.45) is 11.7 Å². The summed E-state index contributed by atoms with van der Waals surface area (Å²) in [6.07, 6.45) is 3.41. The normalized spacial score (nSPS) is 13.1. The molecule has 0 fully saturated rings. The van der Waals surface area contributed by atoms with E-state index in [2.05, 4.69) is 22.9 Å². The summed E-state index contributed by atoms with van der Waals surface area (Å²) in [4.78, 5) is 1.35. The Labute approximate surface area is 103 Å². The van der Waals surface area contributed by atoms with Crippen molar-refractivity contribution in [3.63, 3.8) is 0 Å². The van der Waals surface area contributed by atoms with Crippen LogP contribution in [0.5, 0.6) is 0 Å². The molecule has 1 aromatic rings. The van der Waals surface area contributed by atoms with Gasteiger partial charge in [-0.25, -0.2) is 0 Å². The van der Waals surface area contributed by atoms with Gasteiger partial charge in [-0.05, 0) is 53.7 Å². The highest BCUT2D eigenvalue weighted by molar-refractivity contribution is 9.11. The van der Waals surface area contributed by atoms with Gasteiger partial charge in [0.05, 0.1) is 8.81 Å². The maximum absolute atomic E-state index is 5.95. The molecule has 1 nitrogen and oxygen atoms in total. The molecule has 1 heterocycles. The Morgan fingerprint density at radius 1 is 1.57 bits per heavy atom. The average Bonchev–Trinajstić information content (AvgIpc) is 2.44. The van der Waals surface area contributed by atoms with Gasteiger partial charge >= 0.3 is 0 Å². The molecule has 0 amide bonds. The fourth-order valence-electron chi connectivity index (χ4n) is 1.33. The van der Waals surface area contributed by atoms with Gasteiger partial charge in [0, 0.05) is 4.88 Å². The van der Waals surface area contributed by atoms with Crippen LogP contribution < -0.4 is 5.73 Å². The molecule has 0 saturated heterocycles. The minimum absolute atomic E-state index is 0.708. The van der Waals surface area contributed by atoms with Gasteiger partial charge in [0.25, 0.3) is 0 Å². The fourth-order valence-corrected chi connectivity index (χ4v) is 3.17. The van der Waals surface area contributed by atoms with E-state index in [1.54, 1.807) is 11.3 Å². The summed E-state index contributed by atoms with van der Waals surface area (Å²) >= 11 is 11.1. The predicted molar refractivity (Wildman–Crippen MR) is 68.2 cm³/mol. The highest BCUT2D eigenvalue weighted by Gasteiger charge is 2.06. The van der Waals surface area contributed by atoms with Crippen molar-refractivity contribution in [2.45, 2.75) is 26.2 Å². The van der Waals surface area contributed by atoms with E-state index in [-0.39, 0.29) is 0 Å². The molecule has 0 aromatic carbocycles. The van der Waals surface area contributed by atoms with Crippen LogP contribution in [0.15, 0.2) is 9.85 Å². The van der Waals surface area contributed by atoms with E-state index in [1.165, 1.54) is 11.3 Å². The number of thiophene rings is 1. The molecule has 0 saturated carbocycles. The summed E-state index contributed by atoms with van der Waals surface area (Å²) in [7, 11) is 0. The quantitative estimate of drug-likeness (QED) is 0.870. The van der Waals surface area contributed by atoms with Crippen molar-refractivity contribution in [3.05, 3.63) is 19.8 Å². The number of nitrogens with two attached hydrogens (primary N) is 1. The highest BCUT2D eigenvalue weighted by Crippen LogP contribution is 2.33. The van der Waals surface area contributed by atoms with E-state index >= 15 is 0 Å². The molecule has 1 aromatic heterocycles. The van der Waals surface area contributed by atoms with Gasteiger partial charge in [-0.15, -0.1) is 11.3 Å². The number of hydrogen-bond acceptors (Lipinski definition) is 2. The maximum atomic E-state index is 5.95. The van der Waals surface area contributed by atoms with Crippen LogP contribution >= 0.6 is 38.9 Å². The van der Waals surface area contributed by atoms with Crippen LogP contribution in [0, 0.1) is 5.92 Å². The third-order valence-electron chi connectivity index (χ3n) is 2.24. The van der Waals surface area contributed by atoms with E-state index < -0.39 is 0 Å². The van der Waals surface area contributed by atoms with Gasteiger partial charge in [0.2, 0.25) is 0 Å². The van der Waals surface area contributed by atoms with Crippen molar-refractivity contribution in [1.29, 1.82) is 0 Å². The minimum Gasteiger partial charge on any atom is -0.330 e. The lowest BCUT2D eigenvalue weighted by atomic mass is 10.0. The van der Waals surface area contributed by atoms with Crippen LogP contribution in [0.1, 0.15) is 24.6 Å². The third-order valence-corrected chi connectivity index (χ3v) is 4.77. The van der Waals surface area contributed by atoms with Crippen LogP contribution in [-0.2, 0) is 6.42 Å². The molecule has 14 heavy (non-hydrogen) atoms. The van der Waals surface area contributed by atoms with Crippen LogP contribution in [0.2, 0.25) is 5.02 Å². The number of hydrogen-bond donors (Lipinski definition) is 1. The highest BCUT2D eigenvalue weighted by atomic mass is 79.9. The second kappa shape index (κ2) is 6.11. The van der Waals surface area contributed by atoms with Crippen molar-refractivity contribution in [3.8, 4) is 0 Å². The lowest BCUT2D eigenvalue weighted by Crippen LogP contribution is -2.06. The van der Waals surface area contributed by atoms with E-state index in [9.17, 15) is 0 Å². The molecule has 0 spiro atoms. The standard InChI is InChI=1S/C10H15BrClNS/c1-7(4-5-13)2-3-8-6-9(12)10(11)14-8/h6-7H,2-5,13H2,1H3. The van der Waals surface area contributed by atoms with Crippen LogP contribution in [0.25, 0.3) is 0 Å². The molecule has 1 unspecified atom stereocenters. The van der Waals surface area contributed by atoms with Crippen molar-refractivity contribution in [2.75, 3.05) is 6.54 Å². The average molecular weight is 297 g/mol. The van der Waals surface area contributed by atoms with Gasteiger partial charge in [0.1, 0.15) is 0 Å². The van der Waals surface area contributed by atoms with E-state index in [4.69, 9.17) is 17.3 Å². The third kappa shape index (κ3) is 3.89. The SMILES string of the molecule is CC(CCN)CCc1cc(Cl)c(Br)s1. The van der Waals surface area contributed by atoms with Gasteiger partial charge in [-0.2, -0.15) is 0 Å². The Hall–Kier alpha value is 0.430. The summed E-state index contributed by atoms with van der Waals surface area (Å²) in [6, 6.07) is 2.05. The predicted octanol–water partition coefficient (Wildman–Crippen LogP) is 4.08. The second-order valence-electron chi connectivity index (χ2n) is 3.56. The van der Waals surface area contributed by atoms with Crippen LogP contribution in [0.3, 0.4) is 0 Å². The zero-order chi connectivity index (χ0) is 10.6. The Kier molecular flexibility index (Phi) is 5.45. The molecule has 0 aliphatic rings. The number of halogens is 2. The van der Waals surface area contributed by atoms with Crippen molar-refractivity contribution < 1.29 is 0 Å². The number of rotatable bonds is 5. The fraction of sp³-hybridized carbons (Fsp3) is 0.600. The van der Waals surface area contributed by atoms with Gasteiger partial charge in [0.15, 0.2) is 0 Å². The van der Waals surface area contributed by atoms with Gasteiger partial charge in [-0.3, -0.25) is 0 Å². The summed E-state index contributed by atoms with van der Waals surface area (Å²) < 4.78 is 1.04. The van der Waals surface area contributed by atoms with Crippen molar-refractivity contribution in [1.82, 2.24) is 0 Å². The lowest BCUT2D eigenvalue weighted by Gasteiger charge is -2.07. The first-order valence-corrected chi connectivity index (χ1v) is 6.76. The van der Waals surface area contributed by atoms with E-state index in [0.29, 0.717) is 5.92 Å².